The Morgan fingerprint density at radius 2 is 2.00 bits per heavy atom. The van der Waals surface area contributed by atoms with Gasteiger partial charge in [-0.3, -0.25) is 4.79 Å². The number of benzene rings is 1. The third-order valence-corrected chi connectivity index (χ3v) is 2.24. The number of carbonyl (C=O) groups is 1. The number of hydrogen-bond acceptors (Lipinski definition) is 3. The van der Waals surface area contributed by atoms with Gasteiger partial charge in [-0.15, -0.1) is 12.4 Å². The summed E-state index contributed by atoms with van der Waals surface area (Å²) in [5.41, 5.74) is 0.867. The molecular formula is C12H17ClO3. The van der Waals surface area contributed by atoms with E-state index in [0.29, 0.717) is 6.61 Å². The number of hydrogen-bond donors (Lipinski definition) is 0. The lowest BCUT2D eigenvalue weighted by Gasteiger charge is -2.14. The van der Waals surface area contributed by atoms with Crippen LogP contribution in [0.3, 0.4) is 0 Å². The highest BCUT2D eigenvalue weighted by Crippen LogP contribution is 2.27. The topological polar surface area (TPSA) is 35.5 Å². The monoisotopic (exact) mass is 244 g/mol. The van der Waals surface area contributed by atoms with Crippen LogP contribution in [0.2, 0.25) is 0 Å². The number of halogens is 1. The van der Waals surface area contributed by atoms with E-state index in [1.165, 1.54) is 7.11 Å². The van der Waals surface area contributed by atoms with Crippen LogP contribution >= 0.6 is 12.4 Å². The third-order valence-electron chi connectivity index (χ3n) is 2.24. The first kappa shape index (κ1) is 14.8. The first-order chi connectivity index (χ1) is 7.20. The van der Waals surface area contributed by atoms with Crippen LogP contribution in [0.25, 0.3) is 0 Å². The van der Waals surface area contributed by atoms with Gasteiger partial charge in [0.05, 0.1) is 19.6 Å². The second-order valence-electron chi connectivity index (χ2n) is 3.22. The van der Waals surface area contributed by atoms with Crippen molar-refractivity contribution < 1.29 is 14.3 Å². The Balaban J connectivity index is 0.00000225. The second-order valence-corrected chi connectivity index (χ2v) is 3.22. The van der Waals surface area contributed by atoms with Crippen molar-refractivity contribution in [1.29, 1.82) is 0 Å². The molecule has 4 heteroatoms. The highest BCUT2D eigenvalue weighted by Gasteiger charge is 2.19. The van der Waals surface area contributed by atoms with E-state index in [2.05, 4.69) is 0 Å². The molecule has 1 unspecified atom stereocenters. The summed E-state index contributed by atoms with van der Waals surface area (Å²) in [7, 11) is 1.39. The number of para-hydroxylation sites is 1. The zero-order valence-corrected chi connectivity index (χ0v) is 10.5. The Labute approximate surface area is 102 Å². The zero-order valence-electron chi connectivity index (χ0n) is 9.73. The predicted octanol–water partition coefficient (Wildman–Crippen LogP) is 2.78. The van der Waals surface area contributed by atoms with Crippen molar-refractivity contribution in [3.8, 4) is 5.75 Å². The summed E-state index contributed by atoms with van der Waals surface area (Å²) in [6, 6.07) is 7.51. The van der Waals surface area contributed by atoms with Crippen molar-refractivity contribution in [2.75, 3.05) is 13.7 Å². The number of rotatable bonds is 4. The van der Waals surface area contributed by atoms with Gasteiger partial charge in [-0.05, 0) is 19.9 Å². The molecule has 0 bridgehead atoms. The molecule has 90 valence electrons. The van der Waals surface area contributed by atoms with Crippen molar-refractivity contribution >= 4 is 18.4 Å². The molecule has 1 rings (SSSR count). The fraction of sp³-hybridized carbons (Fsp3) is 0.417. The highest BCUT2D eigenvalue weighted by molar-refractivity contribution is 5.85. The number of esters is 1. The molecule has 0 aromatic heterocycles. The molecule has 0 spiro atoms. The smallest absolute Gasteiger partial charge is 0.312 e. The fourth-order valence-electron chi connectivity index (χ4n) is 1.43. The van der Waals surface area contributed by atoms with Gasteiger partial charge >= 0.3 is 5.97 Å². The summed E-state index contributed by atoms with van der Waals surface area (Å²) >= 11 is 0. The minimum absolute atomic E-state index is 0. The Bertz CT molecular complexity index is 339. The summed E-state index contributed by atoms with van der Waals surface area (Å²) < 4.78 is 10.2. The van der Waals surface area contributed by atoms with Crippen LogP contribution in [0.5, 0.6) is 5.75 Å². The number of ether oxygens (including phenoxy) is 2. The molecule has 0 aliphatic heterocycles. The van der Waals surface area contributed by atoms with Crippen molar-refractivity contribution in [2.24, 2.45) is 0 Å². The molecule has 0 aliphatic rings. The van der Waals surface area contributed by atoms with E-state index >= 15 is 0 Å². The molecule has 0 amide bonds. The van der Waals surface area contributed by atoms with E-state index in [-0.39, 0.29) is 24.3 Å². The lowest BCUT2D eigenvalue weighted by molar-refractivity contribution is -0.142. The fourth-order valence-corrected chi connectivity index (χ4v) is 1.43. The van der Waals surface area contributed by atoms with Crippen LogP contribution in [-0.4, -0.2) is 19.7 Å². The van der Waals surface area contributed by atoms with Crippen LogP contribution in [0.1, 0.15) is 25.3 Å². The van der Waals surface area contributed by atoms with Gasteiger partial charge in [0, 0.05) is 5.56 Å². The Morgan fingerprint density at radius 3 is 2.56 bits per heavy atom. The highest BCUT2D eigenvalue weighted by atomic mass is 35.5. The van der Waals surface area contributed by atoms with Crippen LogP contribution in [0.4, 0.5) is 0 Å². The van der Waals surface area contributed by atoms with Gasteiger partial charge in [-0.25, -0.2) is 0 Å². The minimum atomic E-state index is -0.294. The van der Waals surface area contributed by atoms with Gasteiger partial charge in [0.15, 0.2) is 0 Å². The molecule has 1 aromatic rings. The van der Waals surface area contributed by atoms with E-state index in [1.807, 2.05) is 38.1 Å². The van der Waals surface area contributed by atoms with E-state index in [1.54, 1.807) is 0 Å². The van der Waals surface area contributed by atoms with Crippen LogP contribution < -0.4 is 4.74 Å². The number of carbonyl (C=O) groups excluding carboxylic acids is 1. The molecule has 0 radical (unpaired) electrons. The van der Waals surface area contributed by atoms with Crippen molar-refractivity contribution in [3.05, 3.63) is 29.8 Å². The average Bonchev–Trinajstić information content (AvgIpc) is 2.28. The van der Waals surface area contributed by atoms with E-state index < -0.39 is 0 Å². The Kier molecular flexibility index (Phi) is 6.58. The Hall–Kier alpha value is -1.22. The van der Waals surface area contributed by atoms with Crippen LogP contribution in [0, 0.1) is 0 Å². The summed E-state index contributed by atoms with van der Waals surface area (Å²) in [5.74, 6) is 0.206. The molecule has 1 aromatic carbocycles. The van der Waals surface area contributed by atoms with Gasteiger partial charge in [-0.1, -0.05) is 18.2 Å². The average molecular weight is 245 g/mol. The summed E-state index contributed by atoms with van der Waals surface area (Å²) in [4.78, 5) is 11.4. The Morgan fingerprint density at radius 1 is 1.38 bits per heavy atom. The molecule has 3 nitrogen and oxygen atoms in total. The van der Waals surface area contributed by atoms with E-state index in [9.17, 15) is 4.79 Å². The largest absolute Gasteiger partial charge is 0.494 e. The molecule has 16 heavy (non-hydrogen) atoms. The van der Waals surface area contributed by atoms with Gasteiger partial charge < -0.3 is 9.47 Å². The first-order valence-electron chi connectivity index (χ1n) is 5.00. The third kappa shape index (κ3) is 3.42. The van der Waals surface area contributed by atoms with Crippen molar-refractivity contribution in [1.82, 2.24) is 0 Å². The SMILES string of the molecule is CCOc1ccccc1C(C)C(=O)OC.Cl. The minimum Gasteiger partial charge on any atom is -0.494 e. The molecule has 0 heterocycles. The van der Waals surface area contributed by atoms with Crippen LogP contribution in [0.15, 0.2) is 24.3 Å². The van der Waals surface area contributed by atoms with Crippen LogP contribution in [-0.2, 0) is 9.53 Å². The quantitative estimate of drug-likeness (QED) is 0.764. The molecule has 0 N–H and O–H groups in total. The molecule has 0 aliphatic carbocycles. The summed E-state index contributed by atoms with van der Waals surface area (Å²) in [6.45, 7) is 4.31. The first-order valence-corrected chi connectivity index (χ1v) is 5.00. The predicted molar refractivity (Wildman–Crippen MR) is 65.3 cm³/mol. The van der Waals surface area contributed by atoms with Crippen molar-refractivity contribution in [3.63, 3.8) is 0 Å². The standard InChI is InChI=1S/C12H16O3.ClH/c1-4-15-11-8-6-5-7-10(11)9(2)12(13)14-3;/h5-9H,4H2,1-3H3;1H. The maximum absolute atomic E-state index is 11.4. The summed E-state index contributed by atoms with van der Waals surface area (Å²) in [5, 5.41) is 0. The van der Waals surface area contributed by atoms with Gasteiger partial charge in [0.25, 0.3) is 0 Å². The van der Waals surface area contributed by atoms with Crippen molar-refractivity contribution in [2.45, 2.75) is 19.8 Å². The molecule has 1 atom stereocenters. The zero-order chi connectivity index (χ0) is 11.3. The lowest BCUT2D eigenvalue weighted by atomic mass is 10.0. The van der Waals surface area contributed by atoms with E-state index in [4.69, 9.17) is 9.47 Å². The maximum atomic E-state index is 11.4. The molecule has 0 saturated heterocycles. The molecule has 0 fully saturated rings. The maximum Gasteiger partial charge on any atom is 0.312 e. The summed E-state index contributed by atoms with van der Waals surface area (Å²) in [6.07, 6.45) is 0. The molecular weight excluding hydrogens is 228 g/mol. The van der Waals surface area contributed by atoms with E-state index in [0.717, 1.165) is 11.3 Å². The second kappa shape index (κ2) is 7.12. The number of methoxy groups -OCH3 is 1. The van der Waals surface area contributed by atoms with Gasteiger partial charge in [0.2, 0.25) is 0 Å². The molecule has 0 saturated carbocycles. The van der Waals surface area contributed by atoms with Gasteiger partial charge in [0.1, 0.15) is 5.75 Å². The van der Waals surface area contributed by atoms with Gasteiger partial charge in [-0.2, -0.15) is 0 Å². The normalized spacial score (nSPS) is 11.2. The lowest BCUT2D eigenvalue weighted by Crippen LogP contribution is -2.12.